The van der Waals surface area contributed by atoms with E-state index in [4.69, 9.17) is 17.3 Å². The second-order valence-corrected chi connectivity index (χ2v) is 4.35. The lowest BCUT2D eigenvalue weighted by molar-refractivity contribution is 0.0724. The molecule has 5 heteroatoms. The van der Waals surface area contributed by atoms with Gasteiger partial charge in [-0.1, -0.05) is 11.6 Å². The molecule has 1 aromatic heterocycles. The number of amides is 1. The number of nitrogens with zero attached hydrogens (tertiary/aromatic N) is 2. The van der Waals surface area contributed by atoms with E-state index in [1.807, 2.05) is 4.90 Å². The molecular weight excluding hydrogens is 226 g/mol. The van der Waals surface area contributed by atoms with Gasteiger partial charge in [0.25, 0.3) is 5.91 Å². The number of nitrogen functional groups attached to an aromatic ring is 1. The molecule has 1 aromatic rings. The number of carbonyl (C=O) groups excluding carboxylic acids is 1. The minimum absolute atomic E-state index is 0.00546. The molecule has 1 fully saturated rings. The Kier molecular flexibility index (Phi) is 3.29. The minimum Gasteiger partial charge on any atom is -0.382 e. The van der Waals surface area contributed by atoms with Crippen molar-refractivity contribution in [2.45, 2.75) is 19.3 Å². The third kappa shape index (κ3) is 2.27. The second kappa shape index (κ2) is 4.70. The van der Waals surface area contributed by atoms with Gasteiger partial charge in [0, 0.05) is 19.3 Å². The van der Waals surface area contributed by atoms with Crippen LogP contribution in [0.5, 0.6) is 0 Å². The fourth-order valence-corrected chi connectivity index (χ4v) is 2.01. The maximum Gasteiger partial charge on any atom is 0.255 e. The summed E-state index contributed by atoms with van der Waals surface area (Å²) < 4.78 is 0. The lowest BCUT2D eigenvalue weighted by atomic mass is 10.1. The first kappa shape index (κ1) is 11.2. The Labute approximate surface area is 99.4 Å². The molecule has 16 heavy (non-hydrogen) atoms. The Morgan fingerprint density at radius 2 is 2.06 bits per heavy atom. The van der Waals surface area contributed by atoms with Gasteiger partial charge in [-0.3, -0.25) is 4.79 Å². The Hall–Kier alpha value is -1.29. The number of hydrogen-bond donors (Lipinski definition) is 1. The first-order chi connectivity index (χ1) is 7.68. The predicted molar refractivity (Wildman–Crippen MR) is 63.4 cm³/mol. The molecule has 1 amide bonds. The van der Waals surface area contributed by atoms with Gasteiger partial charge in [-0.05, 0) is 25.3 Å². The van der Waals surface area contributed by atoms with E-state index in [1.165, 1.54) is 12.6 Å². The van der Waals surface area contributed by atoms with Crippen molar-refractivity contribution in [3.63, 3.8) is 0 Å². The number of anilines is 1. The van der Waals surface area contributed by atoms with Crippen molar-refractivity contribution in [3.05, 3.63) is 22.8 Å². The van der Waals surface area contributed by atoms with E-state index in [2.05, 4.69) is 4.98 Å². The van der Waals surface area contributed by atoms with E-state index >= 15 is 0 Å². The Balaban J connectivity index is 2.16. The molecule has 0 aliphatic carbocycles. The fourth-order valence-electron chi connectivity index (χ4n) is 1.85. The van der Waals surface area contributed by atoms with Crippen LogP contribution in [0.3, 0.4) is 0 Å². The highest BCUT2D eigenvalue weighted by molar-refractivity contribution is 6.33. The quantitative estimate of drug-likeness (QED) is 0.815. The maximum atomic E-state index is 12.0. The summed E-state index contributed by atoms with van der Waals surface area (Å²) in [6.45, 7) is 1.64. The number of carbonyl (C=O) groups is 1. The van der Waals surface area contributed by atoms with E-state index in [-0.39, 0.29) is 11.7 Å². The fraction of sp³-hybridized carbons (Fsp3) is 0.455. The molecule has 1 aliphatic rings. The summed E-state index contributed by atoms with van der Waals surface area (Å²) in [6, 6.07) is 1.58. The number of halogens is 1. The molecule has 1 aliphatic heterocycles. The molecule has 0 aromatic carbocycles. The summed E-state index contributed by atoms with van der Waals surface area (Å²) >= 11 is 5.84. The van der Waals surface area contributed by atoms with Gasteiger partial charge in [0.05, 0.1) is 10.6 Å². The molecule has 0 saturated carbocycles. The maximum absolute atomic E-state index is 12.0. The highest BCUT2D eigenvalue weighted by Crippen LogP contribution is 2.19. The summed E-state index contributed by atoms with van der Waals surface area (Å²) in [5.41, 5.74) is 6.01. The summed E-state index contributed by atoms with van der Waals surface area (Å²) in [5, 5.41) is 0.336. The molecule has 2 heterocycles. The van der Waals surface area contributed by atoms with E-state index < -0.39 is 0 Å². The van der Waals surface area contributed by atoms with Crippen molar-refractivity contribution in [2.24, 2.45) is 0 Å². The van der Waals surface area contributed by atoms with Crippen molar-refractivity contribution in [1.29, 1.82) is 0 Å². The molecule has 2 N–H and O–H groups in total. The van der Waals surface area contributed by atoms with Crippen LogP contribution < -0.4 is 5.73 Å². The number of hydrogen-bond acceptors (Lipinski definition) is 3. The van der Waals surface area contributed by atoms with Gasteiger partial charge in [0.2, 0.25) is 0 Å². The van der Waals surface area contributed by atoms with Crippen molar-refractivity contribution < 1.29 is 4.79 Å². The number of nitrogens with two attached hydrogens (primary N) is 1. The smallest absolute Gasteiger partial charge is 0.255 e. The van der Waals surface area contributed by atoms with Crippen molar-refractivity contribution in [3.8, 4) is 0 Å². The van der Waals surface area contributed by atoms with Crippen LogP contribution in [0.2, 0.25) is 5.02 Å². The highest BCUT2D eigenvalue weighted by atomic mass is 35.5. The topological polar surface area (TPSA) is 59.2 Å². The summed E-state index contributed by atoms with van der Waals surface area (Å²) in [5.74, 6) is 0.256. The molecule has 0 unspecified atom stereocenters. The monoisotopic (exact) mass is 239 g/mol. The third-order valence-corrected chi connectivity index (χ3v) is 3.06. The van der Waals surface area contributed by atoms with Crippen LogP contribution in [-0.2, 0) is 0 Å². The zero-order valence-corrected chi connectivity index (χ0v) is 9.70. The van der Waals surface area contributed by atoms with Crippen LogP contribution >= 0.6 is 11.6 Å². The van der Waals surface area contributed by atoms with E-state index in [0.717, 1.165) is 25.9 Å². The van der Waals surface area contributed by atoms with Gasteiger partial charge in [0.1, 0.15) is 5.82 Å². The molecule has 0 bridgehead atoms. The second-order valence-electron chi connectivity index (χ2n) is 3.94. The minimum atomic E-state index is -0.00546. The Bertz CT molecular complexity index is 402. The Morgan fingerprint density at radius 3 is 2.69 bits per heavy atom. The van der Waals surface area contributed by atoms with E-state index in [0.29, 0.717) is 10.6 Å². The van der Waals surface area contributed by atoms with Gasteiger partial charge >= 0.3 is 0 Å². The van der Waals surface area contributed by atoms with Crippen molar-refractivity contribution in [2.75, 3.05) is 18.8 Å². The van der Waals surface area contributed by atoms with E-state index in [1.54, 1.807) is 6.07 Å². The molecule has 0 radical (unpaired) electrons. The summed E-state index contributed by atoms with van der Waals surface area (Å²) in [7, 11) is 0. The normalized spacial score (nSPS) is 16.2. The SMILES string of the molecule is Nc1ncc(C(=O)N2CCCCC2)cc1Cl. The average Bonchev–Trinajstić information content (AvgIpc) is 2.33. The van der Waals surface area contributed by atoms with Crippen LogP contribution in [-0.4, -0.2) is 28.9 Å². The number of pyridine rings is 1. The lowest BCUT2D eigenvalue weighted by Gasteiger charge is -2.26. The number of piperidine rings is 1. The first-order valence-corrected chi connectivity index (χ1v) is 5.76. The predicted octanol–water partition coefficient (Wildman–Crippen LogP) is 1.94. The summed E-state index contributed by atoms with van der Waals surface area (Å²) in [6.07, 6.45) is 4.83. The van der Waals surface area contributed by atoms with Crippen molar-refractivity contribution in [1.82, 2.24) is 9.88 Å². The van der Waals surface area contributed by atoms with Gasteiger partial charge < -0.3 is 10.6 Å². The van der Waals surface area contributed by atoms with Crippen LogP contribution in [0.4, 0.5) is 5.82 Å². The van der Waals surface area contributed by atoms with Gasteiger partial charge in [-0.25, -0.2) is 4.98 Å². The number of rotatable bonds is 1. The first-order valence-electron chi connectivity index (χ1n) is 5.39. The standard InChI is InChI=1S/C11H14ClN3O/c12-9-6-8(7-14-10(9)13)11(16)15-4-2-1-3-5-15/h6-7H,1-5H2,(H2,13,14). The third-order valence-electron chi connectivity index (χ3n) is 2.76. The molecule has 1 saturated heterocycles. The van der Waals surface area contributed by atoms with Crippen molar-refractivity contribution >= 4 is 23.3 Å². The lowest BCUT2D eigenvalue weighted by Crippen LogP contribution is -2.35. The summed E-state index contributed by atoms with van der Waals surface area (Å²) in [4.78, 5) is 17.8. The average molecular weight is 240 g/mol. The molecule has 4 nitrogen and oxygen atoms in total. The van der Waals surface area contributed by atoms with Crippen LogP contribution in [0.25, 0.3) is 0 Å². The zero-order valence-electron chi connectivity index (χ0n) is 8.95. The molecule has 86 valence electrons. The molecule has 2 rings (SSSR count). The van der Waals surface area contributed by atoms with Crippen LogP contribution in [0, 0.1) is 0 Å². The molecule has 0 spiro atoms. The van der Waals surface area contributed by atoms with E-state index in [9.17, 15) is 4.79 Å². The number of likely N-dealkylation sites (tertiary alicyclic amines) is 1. The van der Waals surface area contributed by atoms with Crippen LogP contribution in [0.15, 0.2) is 12.3 Å². The largest absolute Gasteiger partial charge is 0.382 e. The molecule has 0 atom stereocenters. The van der Waals surface area contributed by atoms with Gasteiger partial charge in [-0.2, -0.15) is 0 Å². The van der Waals surface area contributed by atoms with Gasteiger partial charge in [-0.15, -0.1) is 0 Å². The van der Waals surface area contributed by atoms with Gasteiger partial charge in [0.15, 0.2) is 0 Å². The molecular formula is C11H14ClN3O. The number of aromatic nitrogens is 1. The van der Waals surface area contributed by atoms with Crippen LogP contribution in [0.1, 0.15) is 29.6 Å². The highest BCUT2D eigenvalue weighted by Gasteiger charge is 2.18. The Morgan fingerprint density at radius 1 is 1.38 bits per heavy atom. The zero-order chi connectivity index (χ0) is 11.5.